The van der Waals surface area contributed by atoms with Crippen molar-refractivity contribution in [3.63, 3.8) is 0 Å². The Balaban J connectivity index is 2.89. The van der Waals surface area contributed by atoms with Gasteiger partial charge in [0.2, 0.25) is 0 Å². The number of carboxylic acids is 1. The van der Waals surface area contributed by atoms with Crippen molar-refractivity contribution in [1.29, 1.82) is 0 Å². The fraction of sp³-hybridized carbons (Fsp3) is 0.750. The van der Waals surface area contributed by atoms with E-state index in [0.29, 0.717) is 12.8 Å². The second kappa shape index (κ2) is 2.32. The maximum Gasteiger partial charge on any atom is 0.314 e. The van der Waals surface area contributed by atoms with Crippen LogP contribution >= 0.6 is 0 Å². The van der Waals surface area contributed by atoms with Gasteiger partial charge in [-0.2, -0.15) is 0 Å². The predicted octanol–water partition coefficient (Wildman–Crippen LogP) is 1.08. The number of aliphatic carboxylic acids is 1. The van der Waals surface area contributed by atoms with Crippen LogP contribution in [0, 0.1) is 11.3 Å². The normalized spacial score (nSPS) is 28.9. The Bertz CT molecular complexity index is 205. The van der Waals surface area contributed by atoms with Gasteiger partial charge < -0.3 is 5.11 Å². The minimum absolute atomic E-state index is 0.123. The molecule has 1 aliphatic rings. The van der Waals surface area contributed by atoms with Gasteiger partial charge in [0, 0.05) is 6.42 Å². The smallest absolute Gasteiger partial charge is 0.314 e. The van der Waals surface area contributed by atoms with E-state index < -0.39 is 11.9 Å². The van der Waals surface area contributed by atoms with Gasteiger partial charge >= 0.3 is 5.97 Å². The highest BCUT2D eigenvalue weighted by atomic mass is 16.4. The van der Waals surface area contributed by atoms with Gasteiger partial charge in [-0.05, 0) is 11.8 Å². The lowest BCUT2D eigenvalue weighted by Crippen LogP contribution is -2.30. The third-order valence-electron chi connectivity index (χ3n) is 2.37. The molecule has 11 heavy (non-hydrogen) atoms. The van der Waals surface area contributed by atoms with Gasteiger partial charge in [-0.15, -0.1) is 0 Å². The topological polar surface area (TPSA) is 54.4 Å². The summed E-state index contributed by atoms with van der Waals surface area (Å²) in [6.45, 7) is 3.66. The molecule has 0 aromatic rings. The highest BCUT2D eigenvalue weighted by molar-refractivity contribution is 6.00. The van der Waals surface area contributed by atoms with E-state index in [1.54, 1.807) is 0 Å². The van der Waals surface area contributed by atoms with Crippen LogP contribution in [0.2, 0.25) is 0 Å². The van der Waals surface area contributed by atoms with Crippen LogP contribution in [0.1, 0.15) is 26.7 Å². The molecule has 0 bridgehead atoms. The standard InChI is InChI=1S/C8H12O3/c1-8(2)4-3-5(9)6(8)7(10)11/h6H,3-4H2,1-2H3,(H,10,11). The molecule has 0 aliphatic heterocycles. The largest absolute Gasteiger partial charge is 0.481 e. The molecule has 0 radical (unpaired) electrons. The molecule has 0 spiro atoms. The first kappa shape index (κ1) is 8.24. The molecule has 3 heteroatoms. The summed E-state index contributed by atoms with van der Waals surface area (Å²) >= 11 is 0. The molecule has 1 rings (SSSR count). The quantitative estimate of drug-likeness (QED) is 0.578. The molecule has 1 fully saturated rings. The summed E-state index contributed by atoms with van der Waals surface area (Å²) in [5, 5.41) is 8.70. The van der Waals surface area contributed by atoms with E-state index in [1.807, 2.05) is 13.8 Å². The van der Waals surface area contributed by atoms with Crippen LogP contribution in [-0.2, 0) is 9.59 Å². The van der Waals surface area contributed by atoms with Crippen LogP contribution in [0.5, 0.6) is 0 Å². The lowest BCUT2D eigenvalue weighted by molar-refractivity contribution is -0.148. The molecule has 1 aliphatic carbocycles. The van der Waals surface area contributed by atoms with E-state index >= 15 is 0 Å². The maximum atomic E-state index is 11.1. The number of carbonyl (C=O) groups is 2. The molecular weight excluding hydrogens is 144 g/mol. The van der Waals surface area contributed by atoms with Crippen molar-refractivity contribution in [2.75, 3.05) is 0 Å². The van der Waals surface area contributed by atoms with E-state index in [1.165, 1.54) is 0 Å². The average molecular weight is 156 g/mol. The summed E-state index contributed by atoms with van der Waals surface area (Å²) < 4.78 is 0. The Morgan fingerprint density at radius 2 is 2.18 bits per heavy atom. The van der Waals surface area contributed by atoms with Gasteiger partial charge in [-0.3, -0.25) is 9.59 Å². The number of hydrogen-bond donors (Lipinski definition) is 1. The minimum atomic E-state index is -0.975. The fourth-order valence-electron chi connectivity index (χ4n) is 1.64. The highest BCUT2D eigenvalue weighted by Gasteiger charge is 2.45. The number of ketones is 1. The van der Waals surface area contributed by atoms with Gasteiger partial charge in [0.1, 0.15) is 11.7 Å². The third-order valence-corrected chi connectivity index (χ3v) is 2.37. The van der Waals surface area contributed by atoms with Gasteiger partial charge in [0.05, 0.1) is 0 Å². The molecule has 1 unspecified atom stereocenters. The summed E-state index contributed by atoms with van der Waals surface area (Å²) in [6.07, 6.45) is 1.12. The molecular formula is C8H12O3. The summed E-state index contributed by atoms with van der Waals surface area (Å²) in [7, 11) is 0. The number of carbonyl (C=O) groups excluding carboxylic acids is 1. The monoisotopic (exact) mass is 156 g/mol. The van der Waals surface area contributed by atoms with Crippen molar-refractivity contribution >= 4 is 11.8 Å². The van der Waals surface area contributed by atoms with Crippen LogP contribution in [0.3, 0.4) is 0 Å². The molecule has 0 heterocycles. The van der Waals surface area contributed by atoms with E-state index in [4.69, 9.17) is 5.11 Å². The lowest BCUT2D eigenvalue weighted by Gasteiger charge is -2.21. The van der Waals surface area contributed by atoms with Crippen molar-refractivity contribution in [2.45, 2.75) is 26.7 Å². The first-order chi connectivity index (χ1) is 4.95. The Hall–Kier alpha value is -0.860. The third kappa shape index (κ3) is 1.27. The number of Topliss-reactive ketones (excluding diaryl/α,β-unsaturated/α-hetero) is 1. The molecule has 0 aromatic carbocycles. The van der Waals surface area contributed by atoms with Crippen LogP contribution in [0.15, 0.2) is 0 Å². The number of rotatable bonds is 1. The van der Waals surface area contributed by atoms with Crippen molar-refractivity contribution in [3.8, 4) is 0 Å². The Kier molecular flexibility index (Phi) is 1.74. The zero-order chi connectivity index (χ0) is 8.65. The molecule has 0 aromatic heterocycles. The van der Waals surface area contributed by atoms with Crippen molar-refractivity contribution < 1.29 is 14.7 Å². The van der Waals surface area contributed by atoms with Crippen LogP contribution in [0.4, 0.5) is 0 Å². The lowest BCUT2D eigenvalue weighted by atomic mass is 9.82. The van der Waals surface area contributed by atoms with Crippen LogP contribution < -0.4 is 0 Å². The predicted molar refractivity (Wildman–Crippen MR) is 39.1 cm³/mol. The van der Waals surface area contributed by atoms with Gasteiger partial charge in [-0.25, -0.2) is 0 Å². The Labute approximate surface area is 65.4 Å². The molecule has 0 saturated heterocycles. The first-order valence-electron chi connectivity index (χ1n) is 3.70. The average Bonchev–Trinajstić information content (AvgIpc) is 2.06. The zero-order valence-electron chi connectivity index (χ0n) is 6.76. The van der Waals surface area contributed by atoms with E-state index in [-0.39, 0.29) is 11.2 Å². The van der Waals surface area contributed by atoms with Crippen molar-refractivity contribution in [2.24, 2.45) is 11.3 Å². The summed E-state index contributed by atoms with van der Waals surface area (Å²) in [5.74, 6) is -1.87. The van der Waals surface area contributed by atoms with E-state index in [9.17, 15) is 9.59 Å². The second-order valence-electron chi connectivity index (χ2n) is 3.73. The molecule has 62 valence electrons. The summed E-state index contributed by atoms with van der Waals surface area (Å²) in [6, 6.07) is 0. The molecule has 1 saturated carbocycles. The Morgan fingerprint density at radius 1 is 1.64 bits per heavy atom. The molecule has 0 amide bonds. The highest BCUT2D eigenvalue weighted by Crippen LogP contribution is 2.40. The van der Waals surface area contributed by atoms with Gasteiger partial charge in [0.25, 0.3) is 0 Å². The van der Waals surface area contributed by atoms with E-state index in [2.05, 4.69) is 0 Å². The Morgan fingerprint density at radius 3 is 2.36 bits per heavy atom. The van der Waals surface area contributed by atoms with Crippen LogP contribution in [0.25, 0.3) is 0 Å². The zero-order valence-corrected chi connectivity index (χ0v) is 6.76. The van der Waals surface area contributed by atoms with Gasteiger partial charge in [0.15, 0.2) is 0 Å². The minimum Gasteiger partial charge on any atom is -0.481 e. The fourth-order valence-corrected chi connectivity index (χ4v) is 1.64. The van der Waals surface area contributed by atoms with Gasteiger partial charge in [-0.1, -0.05) is 13.8 Å². The SMILES string of the molecule is CC1(C)CCC(=O)C1C(=O)O. The maximum absolute atomic E-state index is 11.1. The van der Waals surface area contributed by atoms with Crippen molar-refractivity contribution in [1.82, 2.24) is 0 Å². The molecule has 1 atom stereocenters. The van der Waals surface area contributed by atoms with Crippen molar-refractivity contribution in [3.05, 3.63) is 0 Å². The molecule has 3 nitrogen and oxygen atoms in total. The summed E-state index contributed by atoms with van der Waals surface area (Å²) in [5.41, 5.74) is -0.344. The summed E-state index contributed by atoms with van der Waals surface area (Å²) in [4.78, 5) is 21.7. The molecule has 1 N–H and O–H groups in total. The van der Waals surface area contributed by atoms with E-state index in [0.717, 1.165) is 0 Å². The second-order valence-corrected chi connectivity index (χ2v) is 3.73. The number of carboxylic acid groups (broad SMARTS) is 1. The number of hydrogen-bond acceptors (Lipinski definition) is 2. The van der Waals surface area contributed by atoms with Crippen LogP contribution in [-0.4, -0.2) is 16.9 Å². The first-order valence-corrected chi connectivity index (χ1v) is 3.70.